The first-order valence-corrected chi connectivity index (χ1v) is 17.9. The van der Waals surface area contributed by atoms with Gasteiger partial charge < -0.3 is 19.6 Å². The summed E-state index contributed by atoms with van der Waals surface area (Å²) in [6, 6.07) is 9.46. The lowest BCUT2D eigenvalue weighted by molar-refractivity contribution is -0.385. The topological polar surface area (TPSA) is 235 Å². The number of alkyl halides is 3. The summed E-state index contributed by atoms with van der Waals surface area (Å²) in [4.78, 5) is 81.7. The molecule has 1 aromatic heterocycles. The van der Waals surface area contributed by atoms with E-state index in [1.807, 2.05) is 0 Å². The second-order valence-corrected chi connectivity index (χ2v) is 13.6. The standard InChI is InChI=1S/C32H24F3N7O11S3/c1-2-18-14-55-28-24(27(45)40(28)25(18)29(54)52-12-17-5-9-20(10-6-17)42(49)50)37-26(44)23(21-15-56-31(36-21)38-30(46)32(33,34)35)39-53-13-22(43)51-11-16-3-7-19(8-4-16)41(47)48/h2-10,15,24,28H,1,11-14H2,(H,37,44)(H,36,38,46)/t24?,28-/m1/s1. The largest absolute Gasteiger partial charge is 0.477 e. The lowest BCUT2D eigenvalue weighted by Crippen LogP contribution is -2.71. The van der Waals surface area contributed by atoms with E-state index in [0.717, 1.165) is 5.38 Å². The highest BCUT2D eigenvalue weighted by atomic mass is 32.2. The van der Waals surface area contributed by atoms with Crippen LogP contribution >= 0.6 is 35.3 Å². The molecule has 3 aromatic rings. The molecule has 0 spiro atoms. The number of ether oxygens (including phenoxy) is 2. The lowest BCUT2D eigenvalue weighted by Gasteiger charge is -2.50. The Balaban J connectivity index is 1.27. The van der Waals surface area contributed by atoms with Crippen molar-refractivity contribution in [1.29, 1.82) is 0 Å². The monoisotopic (exact) mass is 835 g/mol. The fraction of sp³-hybridized carbons (Fsp3) is 0.219. The number of benzene rings is 2. The van der Waals surface area contributed by atoms with Crippen LogP contribution in [0.5, 0.6) is 0 Å². The van der Waals surface area contributed by atoms with Gasteiger partial charge in [0.05, 0.1) is 9.85 Å². The summed E-state index contributed by atoms with van der Waals surface area (Å²) in [7, 11) is 0. The van der Waals surface area contributed by atoms with E-state index >= 15 is 0 Å². The fourth-order valence-corrected chi connectivity index (χ4v) is 7.13. The number of aromatic nitrogens is 1. The van der Waals surface area contributed by atoms with E-state index in [2.05, 4.69) is 22.0 Å². The quantitative estimate of drug-likeness (QED) is 0.0543. The van der Waals surface area contributed by atoms with Crippen LogP contribution in [0.1, 0.15) is 16.8 Å². The maximum Gasteiger partial charge on any atom is 0.471 e. The van der Waals surface area contributed by atoms with Crippen molar-refractivity contribution >= 4 is 86.3 Å². The number of anilines is 1. The molecule has 2 aliphatic rings. The Morgan fingerprint density at radius 1 is 1.04 bits per heavy atom. The van der Waals surface area contributed by atoms with Crippen molar-refractivity contribution < 1.29 is 56.5 Å². The Labute approximate surface area is 325 Å². The first-order chi connectivity index (χ1) is 26.6. The Morgan fingerprint density at radius 3 is 2.18 bits per heavy atom. The highest BCUT2D eigenvalue weighted by Crippen LogP contribution is 2.41. The zero-order valence-electron chi connectivity index (χ0n) is 28.0. The van der Waals surface area contributed by atoms with Gasteiger partial charge in [-0.15, -0.1) is 23.1 Å². The minimum absolute atomic E-state index is 0.0891. The Kier molecular flexibility index (Phi) is 12.8. The van der Waals surface area contributed by atoms with Crippen molar-refractivity contribution in [2.24, 2.45) is 5.16 Å². The summed E-state index contributed by atoms with van der Waals surface area (Å²) in [6.07, 6.45) is -3.77. The number of halogens is 3. The molecule has 1 fully saturated rings. The molecule has 292 valence electrons. The molecular weight excluding hydrogens is 812 g/mol. The highest BCUT2D eigenvalue weighted by molar-refractivity contribution is 8.00. The van der Waals surface area contributed by atoms with Crippen LogP contribution in [0.3, 0.4) is 0 Å². The molecule has 1 unspecified atom stereocenters. The summed E-state index contributed by atoms with van der Waals surface area (Å²) in [5, 5.41) is 29.2. The number of fused-ring (bicyclic) bond motifs is 1. The number of nitro benzene ring substituents is 2. The van der Waals surface area contributed by atoms with E-state index in [0.29, 0.717) is 28.0 Å². The summed E-state index contributed by atoms with van der Waals surface area (Å²) in [5.74, 6) is -4.78. The lowest BCUT2D eigenvalue weighted by atomic mass is 10.0. The number of nitrogens with zero attached hydrogens (tertiary/aromatic N) is 5. The van der Waals surface area contributed by atoms with E-state index in [-0.39, 0.29) is 46.8 Å². The summed E-state index contributed by atoms with van der Waals surface area (Å²) >= 11 is 7.23. The maximum absolute atomic E-state index is 13.6. The summed E-state index contributed by atoms with van der Waals surface area (Å²) < 4.78 is 49.3. The first kappa shape index (κ1) is 40.9. The van der Waals surface area contributed by atoms with Gasteiger partial charge in [0.15, 0.2) is 10.8 Å². The van der Waals surface area contributed by atoms with Crippen molar-refractivity contribution in [2.75, 3.05) is 17.7 Å². The molecule has 5 rings (SSSR count). The van der Waals surface area contributed by atoms with E-state index in [9.17, 15) is 52.6 Å². The van der Waals surface area contributed by atoms with Crippen LogP contribution in [0.4, 0.5) is 29.7 Å². The Morgan fingerprint density at radius 2 is 1.62 bits per heavy atom. The molecule has 56 heavy (non-hydrogen) atoms. The molecule has 0 aliphatic carbocycles. The molecule has 24 heteroatoms. The molecule has 18 nitrogen and oxygen atoms in total. The van der Waals surface area contributed by atoms with Crippen molar-refractivity contribution in [3.63, 3.8) is 0 Å². The van der Waals surface area contributed by atoms with Crippen molar-refractivity contribution in [3.05, 3.63) is 115 Å². The van der Waals surface area contributed by atoms with Gasteiger partial charge in [-0.05, 0) is 53.2 Å². The van der Waals surface area contributed by atoms with Gasteiger partial charge in [-0.2, -0.15) is 13.2 Å². The van der Waals surface area contributed by atoms with E-state index < -0.39 is 68.6 Å². The van der Waals surface area contributed by atoms with E-state index in [1.165, 1.54) is 71.3 Å². The third-order valence-electron chi connectivity index (χ3n) is 7.57. The van der Waals surface area contributed by atoms with Gasteiger partial charge in [0.25, 0.3) is 23.2 Å². The molecule has 2 N–H and O–H groups in total. The maximum atomic E-state index is 13.6. The smallest absolute Gasteiger partial charge is 0.471 e. The van der Waals surface area contributed by atoms with Crippen molar-refractivity contribution in [2.45, 2.75) is 30.8 Å². The normalized spacial score (nSPS) is 16.5. The van der Waals surface area contributed by atoms with Gasteiger partial charge in [0, 0.05) is 35.4 Å². The number of carbonyl (C=O) groups excluding carboxylic acids is 4. The van der Waals surface area contributed by atoms with Crippen LogP contribution in [0.2, 0.25) is 0 Å². The van der Waals surface area contributed by atoms with Crippen molar-refractivity contribution in [1.82, 2.24) is 15.2 Å². The number of thiocarbonyl (C=S) groups is 1. The fourth-order valence-electron chi connectivity index (χ4n) is 4.81. The number of β-lactam (4-membered cyclic amide) rings is 1. The number of allylic oxidation sites excluding steroid dienone is 1. The number of nitro groups is 2. The second kappa shape index (κ2) is 17.5. The third kappa shape index (κ3) is 9.69. The predicted octanol–water partition coefficient (Wildman–Crippen LogP) is 4.31. The number of thiazole rings is 1. The van der Waals surface area contributed by atoms with Gasteiger partial charge in [-0.3, -0.25) is 44.8 Å². The number of carbonyl (C=O) groups is 4. The zero-order chi connectivity index (χ0) is 40.7. The van der Waals surface area contributed by atoms with E-state index in [4.69, 9.17) is 26.5 Å². The summed E-state index contributed by atoms with van der Waals surface area (Å²) in [5.41, 5.74) is 0.330. The average molecular weight is 836 g/mol. The Bertz CT molecular complexity index is 2160. The minimum Gasteiger partial charge on any atom is -0.477 e. The van der Waals surface area contributed by atoms with Gasteiger partial charge in [0.1, 0.15) is 36.0 Å². The Hall–Kier alpha value is -6.27. The number of non-ortho nitro benzene ring substituents is 2. The molecular formula is C32H24F3N7O11S3. The predicted molar refractivity (Wildman–Crippen MR) is 195 cm³/mol. The zero-order valence-corrected chi connectivity index (χ0v) is 30.5. The molecule has 2 atom stereocenters. The first-order valence-electron chi connectivity index (χ1n) is 15.5. The average Bonchev–Trinajstić information content (AvgIpc) is 3.63. The summed E-state index contributed by atoms with van der Waals surface area (Å²) in [6.45, 7) is 2.49. The van der Waals surface area contributed by atoms with Crippen LogP contribution in [-0.2, 0) is 46.7 Å². The minimum atomic E-state index is -5.25. The van der Waals surface area contributed by atoms with Crippen LogP contribution < -0.4 is 10.6 Å². The molecule has 0 bridgehead atoms. The van der Waals surface area contributed by atoms with Crippen molar-refractivity contribution in [3.8, 4) is 0 Å². The van der Waals surface area contributed by atoms with Crippen LogP contribution in [0, 0.1) is 20.2 Å². The third-order valence-corrected chi connectivity index (χ3v) is 9.94. The highest BCUT2D eigenvalue weighted by Gasteiger charge is 2.54. The molecule has 1 saturated heterocycles. The number of thioether (sulfide) groups is 1. The van der Waals surface area contributed by atoms with Crippen LogP contribution in [0.15, 0.2) is 83.0 Å². The van der Waals surface area contributed by atoms with Gasteiger partial charge in [-0.25, -0.2) is 9.78 Å². The molecule has 3 heterocycles. The molecule has 3 amide bonds. The number of amides is 3. The molecule has 2 aliphatic heterocycles. The van der Waals surface area contributed by atoms with Crippen LogP contribution in [-0.4, -0.2) is 84.1 Å². The molecule has 2 aromatic carbocycles. The van der Waals surface area contributed by atoms with Gasteiger partial charge >= 0.3 is 18.1 Å². The number of hydrogen-bond donors (Lipinski definition) is 2. The second-order valence-electron chi connectivity index (χ2n) is 11.2. The number of nitrogens with one attached hydrogen (secondary N) is 2. The number of rotatable bonds is 15. The number of oxime groups is 1. The molecule has 0 radical (unpaired) electrons. The SMILES string of the molecule is C=CC1=C(C(=S)OCc2ccc([N+](=O)[O-])cc2)N2C(=O)C(NC(=O)C(=NOCC(=O)OCc3ccc([N+](=O)[O-])cc3)c3csc(NC(=O)C(F)(F)F)n3)[C@H]2SC1. The molecule has 0 saturated carbocycles. The number of hydrogen-bond acceptors (Lipinski definition) is 16. The van der Waals surface area contributed by atoms with Gasteiger partial charge in [-0.1, -0.05) is 17.8 Å². The number of esters is 1. The van der Waals surface area contributed by atoms with E-state index in [1.54, 1.807) is 5.32 Å². The van der Waals surface area contributed by atoms with Crippen LogP contribution in [0.25, 0.3) is 0 Å². The van der Waals surface area contributed by atoms with Gasteiger partial charge in [0.2, 0.25) is 11.7 Å².